The van der Waals surface area contributed by atoms with Crippen molar-refractivity contribution in [3.8, 4) is 11.5 Å². The number of sulfone groups is 1. The maximum atomic E-state index is 11.5. The molecule has 0 unspecified atom stereocenters. The van der Waals surface area contributed by atoms with Crippen LogP contribution in [0.25, 0.3) is 0 Å². The molecular formula is C10H12O6S. The number of ether oxygens (including phenoxy) is 2. The van der Waals surface area contributed by atoms with Crippen LogP contribution in [0.3, 0.4) is 0 Å². The van der Waals surface area contributed by atoms with Crippen molar-refractivity contribution < 1.29 is 27.8 Å². The van der Waals surface area contributed by atoms with Gasteiger partial charge in [0, 0.05) is 12.3 Å². The molecule has 0 fully saturated rings. The van der Waals surface area contributed by atoms with Crippen LogP contribution in [0.4, 0.5) is 0 Å². The fourth-order valence-electron chi connectivity index (χ4n) is 1.33. The lowest BCUT2D eigenvalue weighted by atomic mass is 10.2. The van der Waals surface area contributed by atoms with Gasteiger partial charge in [0.15, 0.2) is 21.3 Å². The lowest BCUT2D eigenvalue weighted by Crippen LogP contribution is -2.09. The molecule has 0 amide bonds. The Balaban J connectivity index is 3.64. The van der Waals surface area contributed by atoms with Gasteiger partial charge in [0.05, 0.1) is 24.7 Å². The molecule has 1 N–H and O–H groups in total. The molecule has 0 radical (unpaired) electrons. The molecule has 7 heteroatoms. The Hall–Kier alpha value is -1.76. The number of methoxy groups -OCH3 is 2. The van der Waals surface area contributed by atoms with E-state index < -0.39 is 15.8 Å². The second kappa shape index (κ2) is 4.62. The lowest BCUT2D eigenvalue weighted by molar-refractivity contribution is 0.0692. The van der Waals surface area contributed by atoms with Crippen molar-refractivity contribution in [2.24, 2.45) is 0 Å². The Morgan fingerprint density at radius 3 is 2.00 bits per heavy atom. The monoisotopic (exact) mass is 260 g/mol. The van der Waals surface area contributed by atoms with E-state index in [0.29, 0.717) is 0 Å². The van der Waals surface area contributed by atoms with E-state index in [0.717, 1.165) is 18.4 Å². The van der Waals surface area contributed by atoms with Gasteiger partial charge in [-0.3, -0.25) is 0 Å². The van der Waals surface area contributed by atoms with Gasteiger partial charge < -0.3 is 14.6 Å². The number of aromatic carboxylic acids is 1. The molecule has 1 aromatic rings. The third-order valence-electron chi connectivity index (χ3n) is 2.12. The summed E-state index contributed by atoms with van der Waals surface area (Å²) in [4.78, 5) is 10.7. The Morgan fingerprint density at radius 1 is 1.18 bits per heavy atom. The Morgan fingerprint density at radius 2 is 1.65 bits per heavy atom. The molecule has 0 heterocycles. The quantitative estimate of drug-likeness (QED) is 0.861. The molecule has 0 saturated heterocycles. The molecule has 0 aliphatic heterocycles. The van der Waals surface area contributed by atoms with Crippen LogP contribution in [0.1, 0.15) is 10.4 Å². The fourth-order valence-corrected chi connectivity index (χ4v) is 2.20. The van der Waals surface area contributed by atoms with E-state index in [2.05, 4.69) is 0 Å². The number of hydrogen-bond acceptors (Lipinski definition) is 5. The highest BCUT2D eigenvalue weighted by molar-refractivity contribution is 7.90. The molecule has 1 rings (SSSR count). The maximum absolute atomic E-state index is 11.5. The highest BCUT2D eigenvalue weighted by Gasteiger charge is 2.22. The Kier molecular flexibility index (Phi) is 3.62. The Bertz CT molecular complexity index is 546. The zero-order valence-electron chi connectivity index (χ0n) is 9.55. The summed E-state index contributed by atoms with van der Waals surface area (Å²) in [5, 5.41) is 8.95. The van der Waals surface area contributed by atoms with Crippen molar-refractivity contribution in [1.29, 1.82) is 0 Å². The molecule has 0 aliphatic rings. The SMILES string of the molecule is COc1cc(C(=O)O)c(S(C)(=O)=O)cc1OC. The molecule has 0 aliphatic carbocycles. The lowest BCUT2D eigenvalue weighted by Gasteiger charge is -2.11. The predicted octanol–water partition coefficient (Wildman–Crippen LogP) is 0.805. The average Bonchev–Trinajstić information content (AvgIpc) is 2.25. The van der Waals surface area contributed by atoms with Gasteiger partial charge >= 0.3 is 5.97 Å². The maximum Gasteiger partial charge on any atom is 0.337 e. The van der Waals surface area contributed by atoms with E-state index in [1.54, 1.807) is 0 Å². The first-order chi connectivity index (χ1) is 7.81. The van der Waals surface area contributed by atoms with Gasteiger partial charge in [-0.2, -0.15) is 0 Å². The highest BCUT2D eigenvalue weighted by atomic mass is 32.2. The second-order valence-corrected chi connectivity index (χ2v) is 5.26. The molecule has 6 nitrogen and oxygen atoms in total. The normalized spacial score (nSPS) is 11.0. The zero-order valence-corrected chi connectivity index (χ0v) is 10.4. The number of carbonyl (C=O) groups is 1. The summed E-state index contributed by atoms with van der Waals surface area (Å²) in [5.74, 6) is -1.01. The minimum absolute atomic E-state index is 0.164. The summed E-state index contributed by atoms with van der Waals surface area (Å²) in [6, 6.07) is 2.26. The first-order valence-corrected chi connectivity index (χ1v) is 6.39. The molecule has 0 aromatic heterocycles. The summed E-state index contributed by atoms with van der Waals surface area (Å²) in [6.45, 7) is 0. The largest absolute Gasteiger partial charge is 0.493 e. The topological polar surface area (TPSA) is 89.9 Å². The van der Waals surface area contributed by atoms with Crippen molar-refractivity contribution in [3.05, 3.63) is 17.7 Å². The summed E-state index contributed by atoms with van der Waals surface area (Å²) >= 11 is 0. The summed E-state index contributed by atoms with van der Waals surface area (Å²) in [7, 11) is -0.978. The van der Waals surface area contributed by atoms with Gasteiger partial charge in [-0.1, -0.05) is 0 Å². The third-order valence-corrected chi connectivity index (χ3v) is 3.25. The van der Waals surface area contributed by atoms with Gasteiger partial charge in [0.1, 0.15) is 0 Å². The molecule has 0 saturated carbocycles. The number of rotatable bonds is 4. The van der Waals surface area contributed by atoms with Crippen LogP contribution in [0, 0.1) is 0 Å². The van der Waals surface area contributed by atoms with Crippen LogP contribution in [-0.4, -0.2) is 40.0 Å². The third kappa shape index (κ3) is 2.68. The van der Waals surface area contributed by atoms with Gasteiger partial charge in [-0.15, -0.1) is 0 Å². The number of benzene rings is 1. The van der Waals surface area contributed by atoms with Crippen LogP contribution in [0.5, 0.6) is 11.5 Å². The number of carboxylic acid groups (broad SMARTS) is 1. The van der Waals surface area contributed by atoms with E-state index in [4.69, 9.17) is 14.6 Å². The van der Waals surface area contributed by atoms with Gasteiger partial charge in [-0.25, -0.2) is 13.2 Å². The van der Waals surface area contributed by atoms with Crippen LogP contribution in [0.2, 0.25) is 0 Å². The highest BCUT2D eigenvalue weighted by Crippen LogP contribution is 2.32. The van der Waals surface area contributed by atoms with Gasteiger partial charge in [-0.05, 0) is 6.07 Å². The predicted molar refractivity (Wildman–Crippen MR) is 59.6 cm³/mol. The van der Waals surface area contributed by atoms with Crippen LogP contribution < -0.4 is 9.47 Å². The van der Waals surface area contributed by atoms with Crippen LogP contribution >= 0.6 is 0 Å². The van der Waals surface area contributed by atoms with Crippen LogP contribution in [0.15, 0.2) is 17.0 Å². The van der Waals surface area contributed by atoms with E-state index in [1.807, 2.05) is 0 Å². The Labute approximate surface area is 98.7 Å². The first-order valence-electron chi connectivity index (χ1n) is 4.50. The van der Waals surface area contributed by atoms with Crippen molar-refractivity contribution in [2.45, 2.75) is 4.90 Å². The van der Waals surface area contributed by atoms with Crippen molar-refractivity contribution >= 4 is 15.8 Å². The average molecular weight is 260 g/mol. The van der Waals surface area contributed by atoms with E-state index in [1.165, 1.54) is 14.2 Å². The molecule has 0 spiro atoms. The summed E-state index contributed by atoms with van der Waals surface area (Å²) in [6.07, 6.45) is 0.931. The van der Waals surface area contributed by atoms with Crippen molar-refractivity contribution in [1.82, 2.24) is 0 Å². The first kappa shape index (κ1) is 13.3. The fraction of sp³-hybridized carbons (Fsp3) is 0.300. The van der Waals surface area contributed by atoms with E-state index in [-0.39, 0.29) is 22.0 Å². The van der Waals surface area contributed by atoms with Gasteiger partial charge in [0.25, 0.3) is 0 Å². The van der Waals surface area contributed by atoms with E-state index in [9.17, 15) is 13.2 Å². The van der Waals surface area contributed by atoms with Crippen molar-refractivity contribution in [2.75, 3.05) is 20.5 Å². The van der Waals surface area contributed by atoms with E-state index >= 15 is 0 Å². The summed E-state index contributed by atoms with van der Waals surface area (Å²) < 4.78 is 32.8. The number of hydrogen-bond donors (Lipinski definition) is 1. The summed E-state index contributed by atoms with van der Waals surface area (Å²) in [5.41, 5.74) is -0.342. The van der Waals surface area contributed by atoms with Crippen LogP contribution in [-0.2, 0) is 9.84 Å². The molecule has 17 heavy (non-hydrogen) atoms. The van der Waals surface area contributed by atoms with Gasteiger partial charge in [0.2, 0.25) is 0 Å². The van der Waals surface area contributed by atoms with Crippen molar-refractivity contribution in [3.63, 3.8) is 0 Å². The number of carboxylic acids is 1. The molecular weight excluding hydrogens is 248 g/mol. The zero-order chi connectivity index (χ0) is 13.2. The second-order valence-electron chi connectivity index (χ2n) is 3.28. The molecule has 0 atom stereocenters. The minimum Gasteiger partial charge on any atom is -0.493 e. The molecule has 1 aromatic carbocycles. The minimum atomic E-state index is -3.65. The standard InChI is InChI=1S/C10H12O6S/c1-15-7-4-6(10(11)12)9(17(3,13)14)5-8(7)16-2/h4-5H,1-3H3,(H,11,12). The molecule has 94 valence electrons. The smallest absolute Gasteiger partial charge is 0.337 e. The molecule has 0 bridgehead atoms.